The van der Waals surface area contributed by atoms with Crippen LogP contribution in [-0.4, -0.2) is 23.3 Å². The number of aromatic nitrogens is 2. The Labute approximate surface area is 105 Å². The third kappa shape index (κ3) is 2.82. The predicted molar refractivity (Wildman–Crippen MR) is 67.8 cm³/mol. The maximum absolute atomic E-state index is 11.4. The van der Waals surface area contributed by atoms with Crippen molar-refractivity contribution in [3.8, 4) is 0 Å². The van der Waals surface area contributed by atoms with E-state index in [-0.39, 0.29) is 5.97 Å². The highest BCUT2D eigenvalue weighted by Gasteiger charge is 2.05. The highest BCUT2D eigenvalue weighted by atomic mass is 16.5. The van der Waals surface area contributed by atoms with Crippen LogP contribution in [-0.2, 0) is 4.74 Å². The van der Waals surface area contributed by atoms with Gasteiger partial charge in [-0.3, -0.25) is 0 Å². The Morgan fingerprint density at radius 1 is 1.22 bits per heavy atom. The van der Waals surface area contributed by atoms with Gasteiger partial charge in [0, 0.05) is 5.69 Å². The van der Waals surface area contributed by atoms with Crippen LogP contribution in [0.4, 0.5) is 11.5 Å². The molecule has 0 amide bonds. The van der Waals surface area contributed by atoms with Gasteiger partial charge in [-0.25, -0.2) is 4.79 Å². The second-order valence-electron chi connectivity index (χ2n) is 3.76. The lowest BCUT2D eigenvalue weighted by molar-refractivity contribution is 0.0601. The number of nitrogens with one attached hydrogen (secondary N) is 1. The summed E-state index contributed by atoms with van der Waals surface area (Å²) in [6.07, 6.45) is 0. The van der Waals surface area contributed by atoms with Crippen molar-refractivity contribution in [2.75, 3.05) is 12.4 Å². The Hall–Kier alpha value is -2.43. The highest BCUT2D eigenvalue weighted by molar-refractivity contribution is 5.90. The first-order valence-electron chi connectivity index (χ1n) is 5.45. The first-order chi connectivity index (χ1) is 8.69. The van der Waals surface area contributed by atoms with E-state index in [2.05, 4.69) is 20.3 Å². The van der Waals surface area contributed by atoms with Crippen molar-refractivity contribution in [2.24, 2.45) is 0 Å². The van der Waals surface area contributed by atoms with Gasteiger partial charge in [-0.1, -0.05) is 6.07 Å². The SMILES string of the molecule is COC(=O)c1cccc(Nc2ccc(C)nn2)c1. The lowest BCUT2D eigenvalue weighted by Gasteiger charge is -2.06. The second kappa shape index (κ2) is 5.27. The quantitative estimate of drug-likeness (QED) is 0.838. The maximum Gasteiger partial charge on any atom is 0.337 e. The molecular weight excluding hydrogens is 230 g/mol. The predicted octanol–water partition coefficient (Wildman–Crippen LogP) is 2.32. The van der Waals surface area contributed by atoms with E-state index in [0.29, 0.717) is 11.4 Å². The summed E-state index contributed by atoms with van der Waals surface area (Å²) in [6.45, 7) is 1.87. The van der Waals surface area contributed by atoms with Gasteiger partial charge in [0.15, 0.2) is 5.82 Å². The molecule has 1 aromatic heterocycles. The number of hydrogen-bond donors (Lipinski definition) is 1. The van der Waals surface area contributed by atoms with Gasteiger partial charge in [-0.15, -0.1) is 5.10 Å². The molecule has 1 aromatic carbocycles. The fraction of sp³-hybridized carbons (Fsp3) is 0.154. The number of rotatable bonds is 3. The third-order valence-electron chi connectivity index (χ3n) is 2.35. The monoisotopic (exact) mass is 243 g/mol. The van der Waals surface area contributed by atoms with Gasteiger partial charge in [-0.2, -0.15) is 5.10 Å². The fourth-order valence-electron chi connectivity index (χ4n) is 1.46. The number of anilines is 2. The standard InChI is InChI=1S/C13H13N3O2/c1-9-6-7-12(16-15-9)14-11-5-3-4-10(8-11)13(17)18-2/h3-8H,1-2H3,(H,14,16). The summed E-state index contributed by atoms with van der Waals surface area (Å²) in [5.41, 5.74) is 2.10. The minimum absolute atomic E-state index is 0.367. The largest absolute Gasteiger partial charge is 0.465 e. The van der Waals surface area contributed by atoms with Crippen LogP contribution in [0.3, 0.4) is 0 Å². The lowest BCUT2D eigenvalue weighted by atomic mass is 10.2. The van der Waals surface area contributed by atoms with Gasteiger partial charge >= 0.3 is 5.97 Å². The van der Waals surface area contributed by atoms with Gasteiger partial charge in [0.25, 0.3) is 0 Å². The summed E-state index contributed by atoms with van der Waals surface area (Å²) in [5, 5.41) is 11.0. The Morgan fingerprint density at radius 3 is 2.72 bits per heavy atom. The normalized spacial score (nSPS) is 9.89. The number of ether oxygens (including phenoxy) is 1. The molecule has 5 heteroatoms. The highest BCUT2D eigenvalue weighted by Crippen LogP contribution is 2.16. The van der Waals surface area contributed by atoms with Crippen LogP contribution in [0.5, 0.6) is 0 Å². The van der Waals surface area contributed by atoms with Crippen molar-refractivity contribution < 1.29 is 9.53 Å². The van der Waals surface area contributed by atoms with Gasteiger partial charge in [0.2, 0.25) is 0 Å². The molecule has 0 aliphatic carbocycles. The van der Waals surface area contributed by atoms with Crippen LogP contribution >= 0.6 is 0 Å². The minimum Gasteiger partial charge on any atom is -0.465 e. The summed E-state index contributed by atoms with van der Waals surface area (Å²) in [4.78, 5) is 11.4. The Bertz CT molecular complexity index is 552. The number of aryl methyl sites for hydroxylation is 1. The van der Waals surface area contributed by atoms with Crippen molar-refractivity contribution in [3.05, 3.63) is 47.7 Å². The molecule has 0 spiro atoms. The molecule has 0 atom stereocenters. The molecule has 0 saturated heterocycles. The Morgan fingerprint density at radius 2 is 2.06 bits per heavy atom. The Balaban J connectivity index is 2.19. The number of hydrogen-bond acceptors (Lipinski definition) is 5. The molecule has 2 aromatic rings. The molecule has 0 aliphatic heterocycles. The van der Waals surface area contributed by atoms with Gasteiger partial charge in [-0.05, 0) is 37.3 Å². The van der Waals surface area contributed by atoms with Crippen molar-refractivity contribution in [3.63, 3.8) is 0 Å². The van der Waals surface area contributed by atoms with Gasteiger partial charge in [0.05, 0.1) is 18.4 Å². The maximum atomic E-state index is 11.4. The molecule has 92 valence electrons. The van der Waals surface area contributed by atoms with E-state index in [1.165, 1.54) is 7.11 Å². The molecule has 1 N–H and O–H groups in total. The number of methoxy groups -OCH3 is 1. The summed E-state index contributed by atoms with van der Waals surface area (Å²) in [7, 11) is 1.36. The van der Waals surface area contributed by atoms with Crippen LogP contribution in [0.2, 0.25) is 0 Å². The van der Waals surface area contributed by atoms with Gasteiger partial charge < -0.3 is 10.1 Å². The zero-order valence-corrected chi connectivity index (χ0v) is 10.2. The molecule has 0 radical (unpaired) electrons. The molecule has 0 saturated carbocycles. The van der Waals surface area contributed by atoms with Crippen LogP contribution in [0, 0.1) is 6.92 Å². The van der Waals surface area contributed by atoms with E-state index in [0.717, 1.165) is 11.4 Å². The average Bonchev–Trinajstić information content (AvgIpc) is 2.41. The summed E-state index contributed by atoms with van der Waals surface area (Å²) in [6, 6.07) is 10.7. The van der Waals surface area contributed by atoms with Crippen molar-refractivity contribution in [1.82, 2.24) is 10.2 Å². The van der Waals surface area contributed by atoms with Gasteiger partial charge in [0.1, 0.15) is 0 Å². The first kappa shape index (κ1) is 12.0. The molecule has 0 fully saturated rings. The third-order valence-corrected chi connectivity index (χ3v) is 2.35. The van der Waals surface area contributed by atoms with E-state index in [1.807, 2.05) is 25.1 Å². The molecule has 2 rings (SSSR count). The molecule has 1 heterocycles. The van der Waals surface area contributed by atoms with Crippen molar-refractivity contribution >= 4 is 17.5 Å². The zero-order chi connectivity index (χ0) is 13.0. The van der Waals surface area contributed by atoms with E-state index in [1.54, 1.807) is 18.2 Å². The minimum atomic E-state index is -0.367. The fourth-order valence-corrected chi connectivity index (χ4v) is 1.46. The first-order valence-corrected chi connectivity index (χ1v) is 5.45. The number of benzene rings is 1. The molecule has 18 heavy (non-hydrogen) atoms. The van der Waals surface area contributed by atoms with Crippen LogP contribution in [0.15, 0.2) is 36.4 Å². The molecular formula is C13H13N3O2. The smallest absolute Gasteiger partial charge is 0.337 e. The van der Waals surface area contributed by atoms with Crippen LogP contribution in [0.1, 0.15) is 16.1 Å². The second-order valence-corrected chi connectivity index (χ2v) is 3.76. The number of nitrogens with zero attached hydrogens (tertiary/aromatic N) is 2. The molecule has 5 nitrogen and oxygen atoms in total. The molecule has 0 bridgehead atoms. The molecule has 0 aliphatic rings. The van der Waals surface area contributed by atoms with E-state index >= 15 is 0 Å². The van der Waals surface area contributed by atoms with Crippen molar-refractivity contribution in [1.29, 1.82) is 0 Å². The van der Waals surface area contributed by atoms with E-state index < -0.39 is 0 Å². The summed E-state index contributed by atoms with van der Waals surface area (Å²) < 4.78 is 4.66. The topological polar surface area (TPSA) is 64.1 Å². The van der Waals surface area contributed by atoms with Crippen molar-refractivity contribution in [2.45, 2.75) is 6.92 Å². The number of esters is 1. The van der Waals surface area contributed by atoms with E-state index in [4.69, 9.17) is 0 Å². The zero-order valence-electron chi connectivity index (χ0n) is 10.2. The summed E-state index contributed by atoms with van der Waals surface area (Å²) >= 11 is 0. The number of carbonyl (C=O) groups excluding carboxylic acids is 1. The Kier molecular flexibility index (Phi) is 3.52. The van der Waals surface area contributed by atoms with E-state index in [9.17, 15) is 4.79 Å². The van der Waals surface area contributed by atoms with Crippen LogP contribution in [0.25, 0.3) is 0 Å². The summed E-state index contributed by atoms with van der Waals surface area (Å²) in [5.74, 6) is 0.260. The van der Waals surface area contributed by atoms with Crippen LogP contribution < -0.4 is 5.32 Å². The molecule has 0 unspecified atom stereocenters. The average molecular weight is 243 g/mol. The number of carbonyl (C=O) groups is 1. The lowest BCUT2D eigenvalue weighted by Crippen LogP contribution is -2.02.